The van der Waals surface area contributed by atoms with E-state index < -0.39 is 0 Å². The molecule has 29 heavy (non-hydrogen) atoms. The van der Waals surface area contributed by atoms with E-state index in [0.29, 0.717) is 21.9 Å². The zero-order chi connectivity index (χ0) is 20.4. The van der Waals surface area contributed by atoms with E-state index in [1.165, 1.54) is 0 Å². The van der Waals surface area contributed by atoms with E-state index in [-0.39, 0.29) is 23.9 Å². The molecule has 0 saturated heterocycles. The van der Waals surface area contributed by atoms with E-state index in [1.54, 1.807) is 30.3 Å². The summed E-state index contributed by atoms with van der Waals surface area (Å²) in [6.45, 7) is 1.85. The fraction of sp³-hybridized carbons (Fsp3) is 0.0833. The monoisotopic (exact) mass is 403 g/mol. The highest BCUT2D eigenvalue weighted by Gasteiger charge is 2.19. The fourth-order valence-corrected chi connectivity index (χ4v) is 3.36. The number of halogens is 1. The van der Waals surface area contributed by atoms with Gasteiger partial charge in [0.1, 0.15) is 5.58 Å². The van der Waals surface area contributed by atoms with Gasteiger partial charge in [-0.3, -0.25) is 9.59 Å². The maximum Gasteiger partial charge on any atom is 0.228 e. The molecule has 5 heteroatoms. The van der Waals surface area contributed by atoms with Crippen LogP contribution in [0.2, 0.25) is 5.02 Å². The second-order valence-corrected chi connectivity index (χ2v) is 7.25. The fourth-order valence-electron chi connectivity index (χ4n) is 3.24. The summed E-state index contributed by atoms with van der Waals surface area (Å²) in [7, 11) is 0. The summed E-state index contributed by atoms with van der Waals surface area (Å²) in [5.41, 5.74) is 3.39. The molecule has 0 bridgehead atoms. The molecule has 4 rings (SSSR count). The second kappa shape index (κ2) is 7.94. The minimum atomic E-state index is -0.204. The van der Waals surface area contributed by atoms with Gasteiger partial charge in [0.05, 0.1) is 6.42 Å². The molecule has 0 radical (unpaired) electrons. The van der Waals surface area contributed by atoms with E-state index in [9.17, 15) is 9.59 Å². The van der Waals surface area contributed by atoms with Crippen molar-refractivity contribution in [2.24, 2.45) is 0 Å². The van der Waals surface area contributed by atoms with Crippen molar-refractivity contribution in [1.29, 1.82) is 0 Å². The Morgan fingerprint density at radius 2 is 1.69 bits per heavy atom. The number of amides is 1. The quantitative estimate of drug-likeness (QED) is 0.428. The predicted octanol–water partition coefficient (Wildman–Crippen LogP) is 5.81. The minimum absolute atomic E-state index is 0.115. The Morgan fingerprint density at radius 3 is 2.41 bits per heavy atom. The van der Waals surface area contributed by atoms with Crippen LogP contribution in [0, 0.1) is 6.92 Å². The maximum absolute atomic E-state index is 12.8. The van der Waals surface area contributed by atoms with Crippen LogP contribution >= 0.6 is 11.6 Å². The molecule has 4 aromatic rings. The standard InChI is InChI=1S/C24H18ClNO3/c1-15-20-12-11-19(26-22(27)13-16-5-3-2-4-6-16)14-21(20)29-24(15)23(28)17-7-9-18(25)10-8-17/h2-12,14H,13H2,1H3,(H,26,27). The number of rotatable bonds is 5. The van der Waals surface area contributed by atoms with E-state index in [4.69, 9.17) is 16.0 Å². The van der Waals surface area contributed by atoms with E-state index >= 15 is 0 Å². The molecule has 0 aliphatic heterocycles. The average molecular weight is 404 g/mol. The molecule has 0 unspecified atom stereocenters. The number of carbonyl (C=O) groups excluding carboxylic acids is 2. The summed E-state index contributed by atoms with van der Waals surface area (Å²) >= 11 is 5.90. The average Bonchev–Trinajstić information content (AvgIpc) is 3.04. The molecule has 1 heterocycles. The van der Waals surface area contributed by atoms with Gasteiger partial charge < -0.3 is 9.73 Å². The SMILES string of the molecule is Cc1c(C(=O)c2ccc(Cl)cc2)oc2cc(NC(=O)Cc3ccccc3)ccc12. The Bertz CT molecular complexity index is 1190. The number of hydrogen-bond donors (Lipinski definition) is 1. The van der Waals surface area contributed by atoms with Crippen LogP contribution in [0.1, 0.15) is 27.2 Å². The topological polar surface area (TPSA) is 59.3 Å². The maximum atomic E-state index is 12.8. The van der Waals surface area contributed by atoms with Crippen LogP contribution in [0.15, 0.2) is 77.2 Å². The van der Waals surface area contributed by atoms with Gasteiger partial charge >= 0.3 is 0 Å². The highest BCUT2D eigenvalue weighted by Crippen LogP contribution is 2.29. The van der Waals surface area contributed by atoms with Gasteiger partial charge in [-0.15, -0.1) is 0 Å². The highest BCUT2D eigenvalue weighted by molar-refractivity contribution is 6.30. The van der Waals surface area contributed by atoms with Gasteiger partial charge in [0.25, 0.3) is 0 Å². The zero-order valence-electron chi connectivity index (χ0n) is 15.7. The lowest BCUT2D eigenvalue weighted by Crippen LogP contribution is -2.14. The normalized spacial score (nSPS) is 10.8. The van der Waals surface area contributed by atoms with Crippen molar-refractivity contribution in [3.63, 3.8) is 0 Å². The summed E-state index contributed by atoms with van der Waals surface area (Å²) in [6, 6.07) is 21.6. The Kier molecular flexibility index (Phi) is 5.19. The van der Waals surface area contributed by atoms with E-state index in [0.717, 1.165) is 16.5 Å². The van der Waals surface area contributed by atoms with Gasteiger partial charge in [-0.25, -0.2) is 0 Å². The Hall–Kier alpha value is -3.37. The molecule has 0 spiro atoms. The Labute approximate surface area is 173 Å². The summed E-state index contributed by atoms with van der Waals surface area (Å²) in [4.78, 5) is 25.1. The second-order valence-electron chi connectivity index (χ2n) is 6.81. The molecular formula is C24H18ClNO3. The third-order valence-corrected chi connectivity index (χ3v) is 4.99. The molecule has 0 aliphatic rings. The van der Waals surface area contributed by atoms with Gasteiger partial charge in [0.15, 0.2) is 5.76 Å². The first-order valence-corrected chi connectivity index (χ1v) is 9.56. The van der Waals surface area contributed by atoms with Crippen molar-refractivity contribution in [2.45, 2.75) is 13.3 Å². The molecular weight excluding hydrogens is 386 g/mol. The number of hydrogen-bond acceptors (Lipinski definition) is 3. The van der Waals surface area contributed by atoms with Gasteiger partial charge in [-0.05, 0) is 48.9 Å². The summed E-state index contributed by atoms with van der Waals surface area (Å²) in [5, 5.41) is 4.28. The molecule has 144 valence electrons. The number of anilines is 1. The van der Waals surface area contributed by atoms with Crippen LogP contribution < -0.4 is 5.32 Å². The number of nitrogens with one attached hydrogen (secondary N) is 1. The lowest BCUT2D eigenvalue weighted by Gasteiger charge is -2.05. The van der Waals surface area contributed by atoms with Crippen molar-refractivity contribution >= 4 is 39.9 Å². The lowest BCUT2D eigenvalue weighted by atomic mass is 10.0. The van der Waals surface area contributed by atoms with Crippen molar-refractivity contribution < 1.29 is 14.0 Å². The molecule has 4 nitrogen and oxygen atoms in total. The largest absolute Gasteiger partial charge is 0.452 e. The first kappa shape index (κ1) is 19.0. The number of carbonyl (C=O) groups is 2. The summed E-state index contributed by atoms with van der Waals surface area (Å²) < 4.78 is 5.85. The third kappa shape index (κ3) is 4.08. The van der Waals surface area contributed by atoms with Crippen LogP contribution in [0.5, 0.6) is 0 Å². The number of ketones is 1. The third-order valence-electron chi connectivity index (χ3n) is 4.74. The number of fused-ring (bicyclic) bond motifs is 1. The highest BCUT2D eigenvalue weighted by atomic mass is 35.5. The van der Waals surface area contributed by atoms with Crippen LogP contribution in [-0.4, -0.2) is 11.7 Å². The predicted molar refractivity (Wildman–Crippen MR) is 115 cm³/mol. The van der Waals surface area contributed by atoms with Gasteiger partial charge in [0, 0.05) is 33.3 Å². The molecule has 0 fully saturated rings. The first-order valence-electron chi connectivity index (χ1n) is 9.18. The molecule has 0 aliphatic carbocycles. The summed E-state index contributed by atoms with van der Waals surface area (Å²) in [6.07, 6.45) is 0.288. The molecule has 1 aromatic heterocycles. The van der Waals surface area contributed by atoms with Gasteiger partial charge in [-0.1, -0.05) is 41.9 Å². The van der Waals surface area contributed by atoms with Crippen LogP contribution in [0.3, 0.4) is 0 Å². The van der Waals surface area contributed by atoms with Crippen molar-refractivity contribution in [2.75, 3.05) is 5.32 Å². The Morgan fingerprint density at radius 1 is 0.966 bits per heavy atom. The molecule has 1 amide bonds. The molecule has 1 N–H and O–H groups in total. The van der Waals surface area contributed by atoms with E-state index in [1.807, 2.05) is 49.4 Å². The smallest absolute Gasteiger partial charge is 0.228 e. The van der Waals surface area contributed by atoms with Crippen molar-refractivity contribution in [3.8, 4) is 0 Å². The van der Waals surface area contributed by atoms with Gasteiger partial charge in [-0.2, -0.15) is 0 Å². The lowest BCUT2D eigenvalue weighted by molar-refractivity contribution is -0.115. The van der Waals surface area contributed by atoms with Crippen molar-refractivity contribution in [3.05, 3.63) is 100 Å². The van der Waals surface area contributed by atoms with Crippen LogP contribution in [-0.2, 0) is 11.2 Å². The number of aryl methyl sites for hydroxylation is 1. The number of furan rings is 1. The van der Waals surface area contributed by atoms with Gasteiger partial charge in [0.2, 0.25) is 11.7 Å². The first-order chi connectivity index (χ1) is 14.0. The Balaban J connectivity index is 1.57. The zero-order valence-corrected chi connectivity index (χ0v) is 16.5. The summed E-state index contributed by atoms with van der Waals surface area (Å²) in [5.74, 6) is -0.0311. The molecule has 0 saturated carbocycles. The van der Waals surface area contributed by atoms with Crippen LogP contribution in [0.25, 0.3) is 11.0 Å². The minimum Gasteiger partial charge on any atom is -0.452 e. The number of benzene rings is 3. The van der Waals surface area contributed by atoms with Crippen LogP contribution in [0.4, 0.5) is 5.69 Å². The molecule has 0 atom stereocenters. The van der Waals surface area contributed by atoms with Crippen molar-refractivity contribution in [1.82, 2.24) is 0 Å². The van der Waals surface area contributed by atoms with E-state index in [2.05, 4.69) is 5.32 Å². The molecule has 3 aromatic carbocycles.